The Labute approximate surface area is 130 Å². The van der Waals surface area contributed by atoms with Crippen molar-refractivity contribution in [3.05, 3.63) is 29.3 Å². The summed E-state index contributed by atoms with van der Waals surface area (Å²) in [5.41, 5.74) is 1.53. The highest BCUT2D eigenvalue weighted by atomic mass is 35.5. The van der Waals surface area contributed by atoms with E-state index >= 15 is 0 Å². The Bertz CT molecular complexity index is 556. The zero-order chi connectivity index (χ0) is 13.9. The zero-order valence-corrected chi connectivity index (χ0v) is 12.7. The average Bonchev–Trinajstić information content (AvgIpc) is 2.44. The molecule has 5 nitrogen and oxygen atoms in total. The van der Waals surface area contributed by atoms with Gasteiger partial charge in [-0.3, -0.25) is 4.79 Å². The van der Waals surface area contributed by atoms with Gasteiger partial charge in [0.2, 0.25) is 0 Å². The van der Waals surface area contributed by atoms with E-state index in [2.05, 4.69) is 10.6 Å². The van der Waals surface area contributed by atoms with E-state index in [1.54, 1.807) is 7.11 Å². The Morgan fingerprint density at radius 2 is 2.29 bits per heavy atom. The molecule has 2 aliphatic rings. The molecule has 0 unspecified atom stereocenters. The second-order valence-electron chi connectivity index (χ2n) is 5.07. The van der Waals surface area contributed by atoms with E-state index in [1.807, 2.05) is 24.3 Å². The number of carbonyl (C=O) groups is 1. The highest BCUT2D eigenvalue weighted by Gasteiger charge is 2.22. The topological polar surface area (TPSA) is 59.6 Å². The van der Waals surface area contributed by atoms with Crippen LogP contribution in [-0.2, 0) is 4.79 Å². The summed E-state index contributed by atoms with van der Waals surface area (Å²) in [6, 6.07) is 5.65. The molecule has 0 aliphatic carbocycles. The van der Waals surface area contributed by atoms with Crippen LogP contribution in [0.15, 0.2) is 23.8 Å². The Balaban J connectivity index is 0.00000161. The molecule has 21 heavy (non-hydrogen) atoms. The molecule has 1 saturated heterocycles. The fraction of sp³-hybridized carbons (Fsp3) is 0.400. The predicted molar refractivity (Wildman–Crippen MR) is 83.1 cm³/mol. The van der Waals surface area contributed by atoms with Crippen LogP contribution in [0.25, 0.3) is 6.08 Å². The fourth-order valence-corrected chi connectivity index (χ4v) is 2.32. The van der Waals surface area contributed by atoms with Crippen molar-refractivity contribution in [1.29, 1.82) is 0 Å². The number of benzene rings is 1. The molecule has 114 valence electrons. The summed E-state index contributed by atoms with van der Waals surface area (Å²) >= 11 is 0. The summed E-state index contributed by atoms with van der Waals surface area (Å²) in [5.74, 6) is 1.90. The molecule has 0 spiro atoms. The highest BCUT2D eigenvalue weighted by molar-refractivity contribution is 5.99. The highest BCUT2D eigenvalue weighted by Crippen LogP contribution is 2.35. The summed E-state index contributed by atoms with van der Waals surface area (Å²) in [5, 5.41) is 6.14. The Morgan fingerprint density at radius 1 is 1.48 bits per heavy atom. The fourth-order valence-electron chi connectivity index (χ4n) is 2.32. The maximum atomic E-state index is 12.1. The summed E-state index contributed by atoms with van der Waals surface area (Å²) in [6.45, 7) is 2.96. The van der Waals surface area contributed by atoms with E-state index in [-0.39, 0.29) is 24.9 Å². The van der Waals surface area contributed by atoms with Gasteiger partial charge >= 0.3 is 0 Å². The van der Waals surface area contributed by atoms with Gasteiger partial charge in [0.25, 0.3) is 5.91 Å². The van der Waals surface area contributed by atoms with Gasteiger partial charge in [0.05, 0.1) is 12.7 Å². The summed E-state index contributed by atoms with van der Waals surface area (Å²) in [7, 11) is 1.61. The summed E-state index contributed by atoms with van der Waals surface area (Å²) in [6.07, 6.45) is 1.87. The molecule has 0 saturated carbocycles. The molecular formula is C15H19ClN2O3. The maximum Gasteiger partial charge on any atom is 0.250 e. The molecule has 0 bridgehead atoms. The van der Waals surface area contributed by atoms with Gasteiger partial charge in [0.15, 0.2) is 11.5 Å². The van der Waals surface area contributed by atoms with Gasteiger partial charge in [0.1, 0.15) is 6.61 Å². The standard InChI is InChI=1S/C15H18N2O3.ClH/c1-19-13-4-2-3-11-5-12(9-20-14(11)13)15(18)17-8-10-6-16-7-10;/h2-5,10,16H,6-9H2,1H3,(H,17,18);1H. The minimum atomic E-state index is -0.0506. The lowest BCUT2D eigenvalue weighted by molar-refractivity contribution is -0.118. The lowest BCUT2D eigenvalue weighted by Gasteiger charge is -2.27. The molecule has 0 aromatic heterocycles. The molecule has 3 rings (SSSR count). The molecule has 0 atom stereocenters. The number of methoxy groups -OCH3 is 1. The van der Waals surface area contributed by atoms with Crippen LogP contribution in [-0.4, -0.2) is 39.3 Å². The second-order valence-corrected chi connectivity index (χ2v) is 5.07. The van der Waals surface area contributed by atoms with Crippen LogP contribution in [0.4, 0.5) is 0 Å². The van der Waals surface area contributed by atoms with E-state index in [0.29, 0.717) is 29.5 Å². The summed E-state index contributed by atoms with van der Waals surface area (Å²) < 4.78 is 10.9. The van der Waals surface area contributed by atoms with E-state index in [9.17, 15) is 4.79 Å². The number of ether oxygens (including phenoxy) is 2. The van der Waals surface area contributed by atoms with E-state index in [1.165, 1.54) is 0 Å². The van der Waals surface area contributed by atoms with Crippen LogP contribution in [0.1, 0.15) is 5.56 Å². The smallest absolute Gasteiger partial charge is 0.250 e. The number of hydrogen-bond acceptors (Lipinski definition) is 4. The molecule has 0 radical (unpaired) electrons. The molecule has 1 aromatic carbocycles. The average molecular weight is 311 g/mol. The van der Waals surface area contributed by atoms with Crippen molar-refractivity contribution in [2.24, 2.45) is 5.92 Å². The number of carbonyl (C=O) groups excluding carboxylic acids is 1. The molecule has 1 fully saturated rings. The number of amides is 1. The van der Waals surface area contributed by atoms with Crippen molar-refractivity contribution in [3.63, 3.8) is 0 Å². The first kappa shape index (κ1) is 15.7. The van der Waals surface area contributed by atoms with Crippen molar-refractivity contribution >= 4 is 24.4 Å². The van der Waals surface area contributed by atoms with Crippen LogP contribution in [0, 0.1) is 5.92 Å². The lowest BCUT2D eigenvalue weighted by Crippen LogP contribution is -2.48. The van der Waals surface area contributed by atoms with Crippen LogP contribution in [0.2, 0.25) is 0 Å². The third-order valence-electron chi connectivity index (χ3n) is 3.64. The van der Waals surface area contributed by atoms with E-state index in [4.69, 9.17) is 9.47 Å². The second kappa shape index (κ2) is 6.83. The van der Waals surface area contributed by atoms with Gasteiger partial charge in [-0.25, -0.2) is 0 Å². The van der Waals surface area contributed by atoms with Gasteiger partial charge in [-0.05, 0) is 12.1 Å². The predicted octanol–water partition coefficient (Wildman–Crippen LogP) is 1.23. The zero-order valence-electron chi connectivity index (χ0n) is 11.8. The summed E-state index contributed by atoms with van der Waals surface area (Å²) in [4.78, 5) is 12.1. The van der Waals surface area contributed by atoms with Gasteiger partial charge in [-0.1, -0.05) is 12.1 Å². The quantitative estimate of drug-likeness (QED) is 0.878. The Morgan fingerprint density at radius 3 is 2.95 bits per heavy atom. The lowest BCUT2D eigenvalue weighted by atomic mass is 10.0. The SMILES string of the molecule is COc1cccc2c1OCC(C(=O)NCC1CNC1)=C2.Cl. The first-order chi connectivity index (χ1) is 9.78. The van der Waals surface area contributed by atoms with Gasteiger partial charge in [0, 0.05) is 31.1 Å². The van der Waals surface area contributed by atoms with Crippen LogP contribution in [0.3, 0.4) is 0 Å². The molecule has 6 heteroatoms. The molecule has 2 aliphatic heterocycles. The van der Waals surface area contributed by atoms with E-state index < -0.39 is 0 Å². The van der Waals surface area contributed by atoms with E-state index in [0.717, 1.165) is 18.7 Å². The maximum absolute atomic E-state index is 12.1. The Kier molecular flexibility index (Phi) is 5.09. The molecule has 2 N–H and O–H groups in total. The normalized spacial score (nSPS) is 16.5. The van der Waals surface area contributed by atoms with Crippen molar-refractivity contribution in [2.45, 2.75) is 0 Å². The number of halogens is 1. The number of rotatable bonds is 4. The number of para-hydroxylation sites is 1. The molecule has 2 heterocycles. The minimum absolute atomic E-state index is 0. The van der Waals surface area contributed by atoms with Crippen molar-refractivity contribution in [3.8, 4) is 11.5 Å². The monoisotopic (exact) mass is 310 g/mol. The number of hydrogen-bond donors (Lipinski definition) is 2. The molecular weight excluding hydrogens is 292 g/mol. The Hall–Kier alpha value is -1.72. The third-order valence-corrected chi connectivity index (χ3v) is 3.64. The first-order valence-electron chi connectivity index (χ1n) is 6.77. The van der Waals surface area contributed by atoms with Crippen LogP contribution < -0.4 is 20.1 Å². The third kappa shape index (κ3) is 3.31. The minimum Gasteiger partial charge on any atom is -0.493 e. The van der Waals surface area contributed by atoms with Crippen molar-refractivity contribution in [2.75, 3.05) is 33.4 Å². The molecule has 1 aromatic rings. The largest absolute Gasteiger partial charge is 0.493 e. The van der Waals surface area contributed by atoms with Gasteiger partial charge < -0.3 is 20.1 Å². The van der Waals surface area contributed by atoms with Gasteiger partial charge in [-0.2, -0.15) is 0 Å². The van der Waals surface area contributed by atoms with Crippen LogP contribution >= 0.6 is 12.4 Å². The molecule has 1 amide bonds. The van der Waals surface area contributed by atoms with Crippen molar-refractivity contribution in [1.82, 2.24) is 10.6 Å². The van der Waals surface area contributed by atoms with Gasteiger partial charge in [-0.15, -0.1) is 12.4 Å². The number of nitrogens with one attached hydrogen (secondary N) is 2. The first-order valence-corrected chi connectivity index (χ1v) is 6.77. The number of fused-ring (bicyclic) bond motifs is 1. The van der Waals surface area contributed by atoms with Crippen molar-refractivity contribution < 1.29 is 14.3 Å². The van der Waals surface area contributed by atoms with Crippen LogP contribution in [0.5, 0.6) is 11.5 Å².